The third kappa shape index (κ3) is 7.59. The number of hydrogen-bond donors (Lipinski definition) is 3. The van der Waals surface area contributed by atoms with Gasteiger partial charge in [-0.15, -0.1) is 0 Å². The summed E-state index contributed by atoms with van der Waals surface area (Å²) in [5, 5.41) is 29.1. The molecular weight excluding hydrogens is 468 g/mol. The molecule has 0 heterocycles. The van der Waals surface area contributed by atoms with E-state index in [0.717, 1.165) is 37.7 Å². The van der Waals surface area contributed by atoms with Gasteiger partial charge in [0.2, 0.25) is 0 Å². The van der Waals surface area contributed by atoms with Gasteiger partial charge in [-0.25, -0.2) is 0 Å². The van der Waals surface area contributed by atoms with Gasteiger partial charge >= 0.3 is 0 Å². The van der Waals surface area contributed by atoms with Crippen molar-refractivity contribution in [2.45, 2.75) is 57.2 Å². The Morgan fingerprint density at radius 2 is 1.43 bits per heavy atom. The number of aliphatic hydroxyl groups excluding tert-OH is 1. The highest BCUT2D eigenvalue weighted by Crippen LogP contribution is 2.39. The monoisotopic (exact) mass is 504 g/mol. The second kappa shape index (κ2) is 12.8. The second-order valence-electron chi connectivity index (χ2n) is 9.82. The third-order valence-electron chi connectivity index (χ3n) is 6.42. The van der Waals surface area contributed by atoms with Gasteiger partial charge in [0.05, 0.1) is 12.2 Å². The molecule has 0 saturated heterocycles. The Morgan fingerprint density at radius 3 is 2.03 bits per heavy atom. The van der Waals surface area contributed by atoms with Gasteiger partial charge in [-0.05, 0) is 56.5 Å². The summed E-state index contributed by atoms with van der Waals surface area (Å²) >= 11 is 0. The minimum atomic E-state index is -1.37. The summed E-state index contributed by atoms with van der Waals surface area (Å²) in [6, 6.07) is 23.2. The smallest absolute Gasteiger partial charge is 0.193 e. The lowest BCUT2D eigenvalue weighted by Crippen LogP contribution is -2.30. The summed E-state index contributed by atoms with van der Waals surface area (Å²) in [6.45, 7) is 3.07. The van der Waals surface area contributed by atoms with E-state index in [2.05, 4.69) is 0 Å². The van der Waals surface area contributed by atoms with Gasteiger partial charge in [-0.2, -0.15) is 0 Å². The van der Waals surface area contributed by atoms with E-state index in [1.165, 1.54) is 13.8 Å². The van der Waals surface area contributed by atoms with Crippen molar-refractivity contribution < 1.29 is 29.6 Å². The van der Waals surface area contributed by atoms with E-state index in [9.17, 15) is 19.8 Å². The zero-order valence-corrected chi connectivity index (χ0v) is 21.5. The molecule has 3 aromatic rings. The fourth-order valence-corrected chi connectivity index (χ4v) is 4.46. The number of benzene rings is 3. The Hall–Kier alpha value is -3.32. The van der Waals surface area contributed by atoms with Gasteiger partial charge in [-0.1, -0.05) is 73.9 Å². The van der Waals surface area contributed by atoms with Crippen molar-refractivity contribution in [1.29, 1.82) is 0 Å². The van der Waals surface area contributed by atoms with Gasteiger partial charge in [0, 0.05) is 16.7 Å². The van der Waals surface area contributed by atoms with Crippen molar-refractivity contribution in [3.63, 3.8) is 0 Å². The molecule has 0 atom stereocenters. The molecule has 1 saturated carbocycles. The predicted octanol–water partition coefficient (Wildman–Crippen LogP) is 5.08. The maximum absolute atomic E-state index is 12.7. The Morgan fingerprint density at radius 1 is 0.838 bits per heavy atom. The maximum Gasteiger partial charge on any atom is 0.193 e. The SMILES string of the molecule is CC(C)(O)C(=O)c1ccc(OCCO)cc1.O=C(c1ccccc1)c1ccccc1C1(O)CCCCC1. The zero-order valence-electron chi connectivity index (χ0n) is 21.5. The van der Waals surface area contributed by atoms with Crippen LogP contribution in [0, 0.1) is 0 Å². The van der Waals surface area contributed by atoms with Crippen molar-refractivity contribution in [1.82, 2.24) is 0 Å². The standard InChI is InChI=1S/C19H20O2.C12H16O4/c20-18(15-9-3-1-4-10-15)16-11-5-6-12-17(16)19(21)13-7-2-8-14-19;1-12(2,15)11(14)9-3-5-10(6-4-9)16-8-7-13/h1,3-6,9-12,21H,2,7-8,13-14H2;3-6,13,15H,7-8H2,1-2H3. The van der Waals surface area contributed by atoms with E-state index in [-0.39, 0.29) is 24.8 Å². The summed E-state index contributed by atoms with van der Waals surface area (Å²) in [5.74, 6) is 0.243. The Labute approximate surface area is 218 Å². The molecule has 6 nitrogen and oxygen atoms in total. The lowest BCUT2D eigenvalue weighted by Gasteiger charge is -2.33. The van der Waals surface area contributed by atoms with Crippen molar-refractivity contribution >= 4 is 11.6 Å². The highest BCUT2D eigenvalue weighted by molar-refractivity contribution is 6.10. The minimum Gasteiger partial charge on any atom is -0.491 e. The number of hydrogen-bond acceptors (Lipinski definition) is 6. The first-order valence-electron chi connectivity index (χ1n) is 12.7. The molecule has 1 fully saturated rings. The minimum absolute atomic E-state index is 0.00908. The fourth-order valence-electron chi connectivity index (χ4n) is 4.46. The summed E-state index contributed by atoms with van der Waals surface area (Å²) in [4.78, 5) is 24.4. The summed E-state index contributed by atoms with van der Waals surface area (Å²) in [6.07, 6.45) is 4.68. The van der Waals surface area contributed by atoms with Crippen LogP contribution in [0.3, 0.4) is 0 Å². The van der Waals surface area contributed by atoms with Crippen LogP contribution < -0.4 is 4.74 Å². The number of carbonyl (C=O) groups is 2. The van der Waals surface area contributed by atoms with Crippen LogP contribution in [0.4, 0.5) is 0 Å². The van der Waals surface area contributed by atoms with Gasteiger partial charge < -0.3 is 20.1 Å². The summed E-state index contributed by atoms with van der Waals surface area (Å²) in [5.41, 5.74) is 0.312. The molecule has 0 radical (unpaired) electrons. The lowest BCUT2D eigenvalue weighted by atomic mass is 9.77. The Balaban J connectivity index is 0.000000214. The largest absolute Gasteiger partial charge is 0.491 e. The van der Waals surface area contributed by atoms with Crippen LogP contribution in [0.15, 0.2) is 78.9 Å². The molecule has 37 heavy (non-hydrogen) atoms. The number of aliphatic hydroxyl groups is 3. The number of ether oxygens (including phenoxy) is 1. The van der Waals surface area contributed by atoms with Crippen LogP contribution in [0.25, 0.3) is 0 Å². The molecule has 0 bridgehead atoms. The Kier molecular flexibility index (Phi) is 9.75. The predicted molar refractivity (Wildman–Crippen MR) is 143 cm³/mol. The third-order valence-corrected chi connectivity index (χ3v) is 6.42. The van der Waals surface area contributed by atoms with Crippen molar-refractivity contribution in [3.8, 4) is 5.75 Å². The van der Waals surface area contributed by atoms with Gasteiger partial charge in [0.1, 0.15) is 18.0 Å². The number of carbonyl (C=O) groups excluding carboxylic acids is 2. The van der Waals surface area contributed by atoms with E-state index in [4.69, 9.17) is 9.84 Å². The molecule has 196 valence electrons. The second-order valence-corrected chi connectivity index (χ2v) is 9.82. The normalized spacial score (nSPS) is 14.7. The molecule has 1 aliphatic carbocycles. The van der Waals surface area contributed by atoms with Gasteiger partial charge in [0.25, 0.3) is 0 Å². The molecular formula is C31H36O6. The summed E-state index contributed by atoms with van der Waals surface area (Å²) in [7, 11) is 0. The van der Waals surface area contributed by atoms with E-state index in [0.29, 0.717) is 22.4 Å². The first kappa shape index (κ1) is 28.3. The molecule has 1 aliphatic rings. The first-order valence-corrected chi connectivity index (χ1v) is 12.7. The number of rotatable bonds is 8. The van der Waals surface area contributed by atoms with E-state index < -0.39 is 11.2 Å². The number of ketones is 2. The molecule has 0 amide bonds. The highest BCUT2D eigenvalue weighted by Gasteiger charge is 2.34. The lowest BCUT2D eigenvalue weighted by molar-refractivity contribution is -0.00127. The molecule has 3 aromatic carbocycles. The van der Waals surface area contributed by atoms with E-state index in [1.54, 1.807) is 24.3 Å². The van der Waals surface area contributed by atoms with Crippen molar-refractivity contribution in [3.05, 3.63) is 101 Å². The van der Waals surface area contributed by atoms with Gasteiger partial charge in [-0.3, -0.25) is 9.59 Å². The van der Waals surface area contributed by atoms with Crippen molar-refractivity contribution in [2.24, 2.45) is 0 Å². The molecule has 4 rings (SSSR count). The summed E-state index contributed by atoms with van der Waals surface area (Å²) < 4.78 is 5.15. The number of Topliss-reactive ketones (excluding diaryl/α,β-unsaturated/α-hetero) is 1. The van der Waals surface area contributed by atoms with Crippen LogP contribution in [0.1, 0.15) is 77.8 Å². The Bertz CT molecular complexity index is 1160. The van der Waals surface area contributed by atoms with Crippen LogP contribution in [0.2, 0.25) is 0 Å². The topological polar surface area (TPSA) is 104 Å². The van der Waals surface area contributed by atoms with Crippen LogP contribution in [-0.2, 0) is 5.60 Å². The van der Waals surface area contributed by atoms with Gasteiger partial charge in [0.15, 0.2) is 11.6 Å². The fraction of sp³-hybridized carbons (Fsp3) is 0.355. The maximum atomic E-state index is 12.7. The molecule has 0 aliphatic heterocycles. The zero-order chi connectivity index (χ0) is 26.9. The van der Waals surface area contributed by atoms with Crippen LogP contribution in [-0.4, -0.2) is 45.7 Å². The average Bonchev–Trinajstić information content (AvgIpc) is 2.92. The highest BCUT2D eigenvalue weighted by atomic mass is 16.5. The van der Waals surface area contributed by atoms with Crippen LogP contribution in [0.5, 0.6) is 5.75 Å². The average molecular weight is 505 g/mol. The van der Waals surface area contributed by atoms with Crippen molar-refractivity contribution in [2.75, 3.05) is 13.2 Å². The molecule has 6 heteroatoms. The quantitative estimate of drug-likeness (QED) is 0.370. The van der Waals surface area contributed by atoms with E-state index >= 15 is 0 Å². The first-order chi connectivity index (χ1) is 17.7. The van der Waals surface area contributed by atoms with Crippen LogP contribution >= 0.6 is 0 Å². The molecule has 3 N–H and O–H groups in total. The van der Waals surface area contributed by atoms with E-state index in [1.807, 2.05) is 54.6 Å². The molecule has 0 aromatic heterocycles. The molecule has 0 spiro atoms. The molecule has 0 unspecified atom stereocenters.